The number of alkyl halides is 3. The normalized spacial score (nSPS) is 26.0. The van der Waals surface area contributed by atoms with E-state index in [-0.39, 0.29) is 54.2 Å². The Morgan fingerprint density at radius 3 is 1.95 bits per heavy atom. The van der Waals surface area contributed by atoms with E-state index in [9.17, 15) is 87.8 Å². The van der Waals surface area contributed by atoms with E-state index in [1.807, 2.05) is 0 Å². The Labute approximate surface area is 723 Å². The van der Waals surface area contributed by atoms with E-state index in [0.717, 1.165) is 78.9 Å². The number of phenols is 3. The number of primary amides is 1. The first-order chi connectivity index (χ1) is 59.6. The van der Waals surface area contributed by atoms with Crippen molar-refractivity contribution in [3.63, 3.8) is 0 Å². The summed E-state index contributed by atoms with van der Waals surface area (Å²) in [7, 11) is 1.45. The minimum Gasteiger partial charge on any atom is -0.508 e. The second kappa shape index (κ2) is 39.1. The van der Waals surface area contributed by atoms with Crippen LogP contribution in [0.25, 0.3) is 11.1 Å². The molecule has 14 rings (SSSR count). The zero-order valence-electron chi connectivity index (χ0n) is 67.3. The molecule has 0 spiro atoms. The molecule has 0 aromatic heterocycles. The lowest BCUT2D eigenvalue weighted by Crippen LogP contribution is -2.65. The van der Waals surface area contributed by atoms with Gasteiger partial charge >= 0.3 is 6.18 Å². The van der Waals surface area contributed by atoms with Crippen molar-refractivity contribution < 1.29 is 140 Å². The van der Waals surface area contributed by atoms with Crippen LogP contribution in [-0.4, -0.2) is 210 Å². The lowest BCUT2D eigenvalue weighted by atomic mass is 9.84. The summed E-state index contributed by atoms with van der Waals surface area (Å²) in [6.07, 6.45) is -24.9. The molecule has 7 heterocycles. The number of hydrogen-bond acceptors (Lipinski definition) is 28. The fourth-order valence-electron chi connectivity index (χ4n) is 15.0. The summed E-state index contributed by atoms with van der Waals surface area (Å²) in [4.78, 5) is 133. The van der Waals surface area contributed by atoms with Crippen molar-refractivity contribution in [2.24, 2.45) is 11.7 Å². The lowest BCUT2D eigenvalue weighted by Gasteiger charge is -2.48. The number of phenolic OH excluding ortho intramolecular Hbond substituents is 3. The van der Waals surface area contributed by atoms with E-state index in [4.69, 9.17) is 57.4 Å². The predicted octanol–water partition coefficient (Wildman–Crippen LogP) is 2.88. The van der Waals surface area contributed by atoms with Crippen LogP contribution in [0.15, 0.2) is 121 Å². The highest BCUT2D eigenvalue weighted by molar-refractivity contribution is 6.32. The topological polar surface area (TPSA) is 570 Å². The number of benzene rings is 7. The first-order valence-electron chi connectivity index (χ1n) is 39.3. The lowest BCUT2D eigenvalue weighted by molar-refractivity contribution is -0.334. The Morgan fingerprint density at radius 1 is 0.698 bits per heavy atom. The van der Waals surface area contributed by atoms with Gasteiger partial charge in [0.1, 0.15) is 101 Å². The van der Waals surface area contributed by atoms with Gasteiger partial charge in [-0.1, -0.05) is 67.4 Å². The number of hydrazine groups is 1. The summed E-state index contributed by atoms with van der Waals surface area (Å²) in [6.45, 7) is 4.73. The molecule has 9 amide bonds. The summed E-state index contributed by atoms with van der Waals surface area (Å²) in [5.41, 5.74) is 4.74. The molecule has 11 bridgehead atoms. The number of amides is 9. The van der Waals surface area contributed by atoms with Crippen LogP contribution in [0.5, 0.6) is 46.0 Å². The number of rotatable bonds is 21. The fraction of sp³-hybridized carbons (Fsp3) is 0.386. The van der Waals surface area contributed by atoms with Crippen LogP contribution in [-0.2, 0) is 65.3 Å². The van der Waals surface area contributed by atoms with Gasteiger partial charge in [-0.25, -0.2) is 9.82 Å². The second-order valence-electron chi connectivity index (χ2n) is 31.1. The number of carbonyl (C=O) groups excluding carboxylic acids is 9. The Bertz CT molecular complexity index is 5320. The standard InChI is InChI=1S/C83H90Cl2F4N12O25/c1-33(2)20-49(91-5)74(114)99-64-66(108)37-10-16-53(46(84)23-37)122-55-25-40-26-56(70(55)126-81-71(69(111)68(110)57(32-103)124-81)125-59-30-82(4,72(112)34(3)121-59)92-31-35-6-12-41(13-7-35)94-73(113)39-8-14-48(86)45(22-39)83(87,88)89)123-54-17-11-38(24-47(54)85)67(109)65-79(119)98-63(80(120)101-93-18-19-102)44-27-42(104)28-52(106)60(44)43-21-36(9-15-51(43)105)61(76(116)100-65)97-77(117)62(40)96-75(115)50(29-58(90)107)95-78(64)118/h6-17,21-28,33-34,49-50,57,59,61-69,71-72,81,91-93,102-106,108-112H,18-20,29-32H2,1-5H3,(H2,90,107)(H,94,113)(H,95,118)(H,96,115)(H,97,117)(H,98,119)(H,99,114)(H,100,116)(H,101,120). The monoisotopic (exact) mass is 1800 g/mol. The van der Waals surface area contributed by atoms with E-state index < -0.39 is 283 Å². The Morgan fingerprint density at radius 2 is 1.33 bits per heavy atom. The largest absolute Gasteiger partial charge is 0.508 e. The van der Waals surface area contributed by atoms with Crippen LogP contribution in [0.1, 0.15) is 127 Å². The molecule has 0 aliphatic carbocycles. The summed E-state index contributed by atoms with van der Waals surface area (Å²) in [5, 5.41) is 139. The molecule has 7 aliphatic rings. The number of aromatic hydroxyl groups is 3. The summed E-state index contributed by atoms with van der Waals surface area (Å²) >= 11 is 14.3. The van der Waals surface area contributed by atoms with Crippen LogP contribution in [0.3, 0.4) is 0 Å². The second-order valence-corrected chi connectivity index (χ2v) is 31.9. The molecule has 7 aliphatic heterocycles. The van der Waals surface area contributed by atoms with Gasteiger partial charge in [0.2, 0.25) is 53.4 Å². The van der Waals surface area contributed by atoms with Gasteiger partial charge < -0.3 is 133 Å². The molecular weight excluding hydrogens is 1710 g/mol. The number of anilines is 1. The van der Waals surface area contributed by atoms with Gasteiger partial charge in [-0.05, 0) is 152 Å². The maximum atomic E-state index is 16.3. The van der Waals surface area contributed by atoms with Crippen LogP contribution in [0.2, 0.25) is 10.0 Å². The van der Waals surface area contributed by atoms with Gasteiger partial charge in [-0.15, -0.1) is 0 Å². The molecule has 126 heavy (non-hydrogen) atoms. The average molecular weight is 1800 g/mol. The summed E-state index contributed by atoms with van der Waals surface area (Å²) in [6, 6.07) is 6.80. The number of nitrogens with two attached hydrogens (primary N) is 1. The highest BCUT2D eigenvalue weighted by Crippen LogP contribution is 2.50. The third-order valence-electron chi connectivity index (χ3n) is 21.6. The minimum atomic E-state index is -5.10. The molecule has 43 heteroatoms. The molecule has 0 saturated carbocycles. The van der Waals surface area contributed by atoms with Crippen LogP contribution in [0, 0.1) is 11.7 Å². The van der Waals surface area contributed by atoms with Crippen molar-refractivity contribution in [2.75, 3.05) is 32.1 Å². The number of likely N-dealkylation sites (N-methyl/N-ethyl adjacent to an activating group) is 1. The number of hydrogen-bond donors (Lipinski definition) is 22. The Kier molecular flexibility index (Phi) is 29.0. The van der Waals surface area contributed by atoms with Gasteiger partial charge in [-0.2, -0.15) is 13.2 Å². The van der Waals surface area contributed by atoms with Gasteiger partial charge in [0.15, 0.2) is 23.9 Å². The number of fused-ring (bicyclic) bond motifs is 15. The number of ether oxygens (including phenoxy) is 6. The molecule has 0 radical (unpaired) electrons. The molecule has 674 valence electrons. The first-order valence-corrected chi connectivity index (χ1v) is 40.0. The molecule has 7 aromatic carbocycles. The van der Waals surface area contributed by atoms with Crippen LogP contribution < -0.4 is 78.6 Å². The predicted molar refractivity (Wildman–Crippen MR) is 433 cm³/mol. The zero-order chi connectivity index (χ0) is 91.4. The number of halogens is 6. The molecule has 2 saturated heterocycles. The third-order valence-corrected chi connectivity index (χ3v) is 22.2. The molecule has 2 fully saturated rings. The van der Waals surface area contributed by atoms with Crippen molar-refractivity contribution in [1.29, 1.82) is 0 Å². The highest BCUT2D eigenvalue weighted by atomic mass is 35.5. The van der Waals surface area contributed by atoms with Gasteiger partial charge in [0.25, 0.3) is 11.8 Å². The van der Waals surface area contributed by atoms with Crippen molar-refractivity contribution in [3.8, 4) is 57.1 Å². The van der Waals surface area contributed by atoms with Gasteiger partial charge in [0.05, 0.1) is 53.5 Å². The number of aliphatic hydroxyl groups is 7. The third kappa shape index (κ3) is 20.9. The van der Waals surface area contributed by atoms with Crippen LogP contribution in [0.4, 0.5) is 23.2 Å². The average Bonchev–Trinajstić information content (AvgIpc) is 0.769. The van der Waals surface area contributed by atoms with Gasteiger partial charge in [0, 0.05) is 53.5 Å². The van der Waals surface area contributed by atoms with Crippen molar-refractivity contribution in [2.45, 2.75) is 169 Å². The molecule has 7 aromatic rings. The summed E-state index contributed by atoms with van der Waals surface area (Å²) < 4.78 is 94.0. The quantitative estimate of drug-likeness (QED) is 0.0279. The van der Waals surface area contributed by atoms with Crippen molar-refractivity contribution >= 4 is 82.1 Å². The number of carbonyl (C=O) groups is 9. The molecular formula is C83H90Cl2F4N12O25. The van der Waals surface area contributed by atoms with Crippen molar-refractivity contribution in [3.05, 3.63) is 182 Å². The SMILES string of the molecule is CNC(CC(C)C)C(=O)NC1C(=O)NC(CC(N)=O)C(=O)NC2C(=O)NC3C(=O)NC(C(=O)NC(C(=O)NNCCO)c4cc(O)cc(O)c4-c4cc3ccc4O)C(O)c3ccc(c(Cl)c3)Oc3cc2cc(c3OC2OC(CO)C(O)C(O)C2OC2CC(C)(NCc3ccc(NC(=O)c4ccc(F)c(C(F)(F)F)c4)cc3)C(O)C(C)O2)Oc2ccc(cc2Cl)C1O. The number of aliphatic hydroxyl groups excluding tert-OH is 7. The van der Waals surface area contributed by atoms with Crippen molar-refractivity contribution in [1.82, 2.24) is 53.4 Å². The highest BCUT2D eigenvalue weighted by Gasteiger charge is 2.53. The zero-order valence-corrected chi connectivity index (χ0v) is 68.8. The molecule has 18 unspecified atom stereocenters. The van der Waals surface area contributed by atoms with Gasteiger partial charge in [-0.3, -0.25) is 48.6 Å². The molecule has 37 nitrogen and oxygen atoms in total. The Balaban J connectivity index is 1.01. The van der Waals surface area contributed by atoms with E-state index in [1.165, 1.54) is 44.3 Å². The maximum absolute atomic E-state index is 16.3. The summed E-state index contributed by atoms with van der Waals surface area (Å²) in [5.74, 6) is -18.4. The first kappa shape index (κ1) is 93.5. The van der Waals surface area contributed by atoms with E-state index in [0.29, 0.717) is 17.7 Å². The molecule has 23 N–H and O–H groups in total. The van der Waals surface area contributed by atoms with Crippen LogP contribution >= 0.6 is 23.2 Å². The minimum absolute atomic E-state index is 0.0467. The van der Waals surface area contributed by atoms with E-state index >= 15 is 24.0 Å². The Hall–Kier alpha value is -11.7. The smallest absolute Gasteiger partial charge is 0.419 e. The van der Waals surface area contributed by atoms with E-state index in [1.54, 1.807) is 20.8 Å². The van der Waals surface area contributed by atoms with E-state index in [2.05, 4.69) is 58.7 Å². The maximum Gasteiger partial charge on any atom is 0.419 e. The molecule has 18 atom stereocenters. The number of nitrogens with one attached hydrogen (secondary N) is 11. The fourth-order valence-corrected chi connectivity index (χ4v) is 15.5.